The van der Waals surface area contributed by atoms with Gasteiger partial charge in [-0.1, -0.05) is 0 Å². The maximum absolute atomic E-state index is 4.05. The van der Waals surface area contributed by atoms with Gasteiger partial charge in [0.15, 0.2) is 0 Å². The molecule has 1 saturated heterocycles. The van der Waals surface area contributed by atoms with Crippen molar-refractivity contribution in [2.45, 2.75) is 31.3 Å². The van der Waals surface area contributed by atoms with Crippen LogP contribution in [0.15, 0.2) is 0 Å². The highest BCUT2D eigenvalue weighted by atomic mass is 15.4. The van der Waals surface area contributed by atoms with Crippen molar-refractivity contribution in [3.8, 4) is 0 Å². The molecule has 1 heteroatoms. The van der Waals surface area contributed by atoms with Crippen LogP contribution in [0.2, 0.25) is 0 Å². The molecule has 1 heterocycles. The topological polar surface area (TPSA) is 12.0 Å². The molecule has 1 N–H and O–H groups in total. The Morgan fingerprint density at radius 2 is 1.29 bits per heavy atom. The van der Waals surface area contributed by atoms with Gasteiger partial charge in [-0.3, -0.25) is 0 Å². The van der Waals surface area contributed by atoms with Crippen molar-refractivity contribution in [2.75, 3.05) is 0 Å². The van der Waals surface area contributed by atoms with E-state index < -0.39 is 0 Å². The molecule has 17 atom stereocenters. The fourth-order valence-electron chi connectivity index (χ4n) is 16.4. The lowest BCUT2D eigenvalue weighted by molar-refractivity contribution is -0.814. The second kappa shape index (κ2) is 1.47. The van der Waals surface area contributed by atoms with Gasteiger partial charge in [-0.25, -0.2) is 0 Å². The average Bonchev–Trinajstić information content (AvgIpc) is 2.34. The summed E-state index contributed by atoms with van der Waals surface area (Å²) >= 11 is 0. The van der Waals surface area contributed by atoms with E-state index in [0.29, 0.717) is 0 Å². The van der Waals surface area contributed by atoms with Gasteiger partial charge in [0, 0.05) is 17.5 Å². The van der Waals surface area contributed by atoms with Gasteiger partial charge in [-0.15, -0.1) is 0 Å². The molecule has 17 unspecified atom stereocenters. The predicted molar refractivity (Wildman–Crippen MR) is 71.6 cm³/mol. The highest BCUT2D eigenvalue weighted by Crippen LogP contribution is 3.27. The third kappa shape index (κ3) is 0.265. The molecule has 1 nitrogen and oxygen atoms in total. The fraction of sp³-hybridized carbons (Fsp3) is 1.00. The molecule has 12 rings (SSSR count). The molecular formula is C20H19N. The Kier molecular flexibility index (Phi) is 0.571. The Morgan fingerprint density at radius 3 is 2.00 bits per heavy atom. The molecule has 11 aliphatic carbocycles. The van der Waals surface area contributed by atoms with Crippen molar-refractivity contribution in [3.63, 3.8) is 0 Å². The zero-order valence-electron chi connectivity index (χ0n) is 12.0. The Morgan fingerprint density at radius 1 is 0.619 bits per heavy atom. The Bertz CT molecular complexity index is 740. The minimum atomic E-state index is 0.968. The van der Waals surface area contributed by atoms with E-state index in [4.69, 9.17) is 0 Å². The van der Waals surface area contributed by atoms with Gasteiger partial charge in [-0.2, -0.15) is 0 Å². The molecule has 0 aromatic carbocycles. The van der Waals surface area contributed by atoms with Crippen molar-refractivity contribution in [1.82, 2.24) is 5.32 Å². The van der Waals surface area contributed by atoms with Crippen molar-refractivity contribution >= 4 is 0 Å². The molecule has 1 aliphatic heterocycles. The summed E-state index contributed by atoms with van der Waals surface area (Å²) in [7, 11) is 0. The van der Waals surface area contributed by atoms with Gasteiger partial charge < -0.3 is 5.32 Å². The molecule has 5 spiro atoms. The number of hydrogen-bond acceptors (Lipinski definition) is 1. The van der Waals surface area contributed by atoms with Crippen LogP contribution in [0, 0.1) is 86.3 Å². The number of piperidine rings is 2. The van der Waals surface area contributed by atoms with E-state index in [-0.39, 0.29) is 0 Å². The van der Waals surface area contributed by atoms with Crippen LogP contribution in [0.3, 0.4) is 0 Å². The van der Waals surface area contributed by atoms with Gasteiger partial charge in [0.05, 0.1) is 0 Å². The third-order valence-corrected chi connectivity index (χ3v) is 14.7. The van der Waals surface area contributed by atoms with Gasteiger partial charge >= 0.3 is 0 Å². The second-order valence-electron chi connectivity index (χ2n) is 12.0. The molecule has 11 saturated carbocycles. The molecule has 12 fully saturated rings. The SMILES string of the molecule is C1C2CC3C4C5C6C7NC8CC9C%10C%11C%12C1C23C%124C%115C%106C897. The summed E-state index contributed by atoms with van der Waals surface area (Å²) in [6, 6.07) is 2.10. The molecule has 12 aliphatic rings. The number of hydrogen-bond donors (Lipinski definition) is 1. The van der Waals surface area contributed by atoms with E-state index in [1.54, 1.807) is 19.3 Å². The van der Waals surface area contributed by atoms with Gasteiger partial charge in [0.25, 0.3) is 0 Å². The summed E-state index contributed by atoms with van der Waals surface area (Å²) in [4.78, 5) is 0. The monoisotopic (exact) mass is 273 g/mol. The van der Waals surface area contributed by atoms with Crippen molar-refractivity contribution in [1.29, 1.82) is 0 Å². The summed E-state index contributed by atoms with van der Waals surface area (Å²) in [5, 5.41) is 4.05. The quantitative estimate of drug-likeness (QED) is 0.709. The van der Waals surface area contributed by atoms with Crippen LogP contribution >= 0.6 is 0 Å². The number of rotatable bonds is 0. The van der Waals surface area contributed by atoms with Crippen molar-refractivity contribution < 1.29 is 0 Å². The fourth-order valence-corrected chi connectivity index (χ4v) is 16.4. The molecule has 0 radical (unpaired) electrons. The van der Waals surface area contributed by atoms with Gasteiger partial charge in [-0.05, 0) is 100 Å². The largest absolute Gasteiger partial charge is 0.310 e. The third-order valence-electron chi connectivity index (χ3n) is 14.7. The summed E-state index contributed by atoms with van der Waals surface area (Å²) in [6.45, 7) is 0. The van der Waals surface area contributed by atoms with Gasteiger partial charge in [0.1, 0.15) is 0 Å². The minimum absolute atomic E-state index is 0.968. The molecule has 0 amide bonds. The highest BCUT2D eigenvalue weighted by molar-refractivity contribution is 5.73. The van der Waals surface area contributed by atoms with Crippen LogP contribution in [-0.2, 0) is 0 Å². The molecule has 21 heavy (non-hydrogen) atoms. The molecule has 0 aromatic rings. The first-order valence-corrected chi connectivity index (χ1v) is 10.2. The van der Waals surface area contributed by atoms with E-state index in [2.05, 4.69) is 5.32 Å². The van der Waals surface area contributed by atoms with Crippen LogP contribution in [0.1, 0.15) is 19.3 Å². The molecule has 104 valence electrons. The standard InChI is InChI=1S/C20H19N/c1-4-2-6-10-13-14-15-17-7(3-8(17)21-15)11-12-9-5(1)16(4,6)18(9,10)20(12,13)19(11,14)17/h4-15,21H,1-3H2. The van der Waals surface area contributed by atoms with Crippen molar-refractivity contribution in [3.05, 3.63) is 0 Å². The molecular weight excluding hydrogens is 254 g/mol. The van der Waals surface area contributed by atoms with E-state index >= 15 is 0 Å². The van der Waals surface area contributed by atoms with Crippen LogP contribution in [0.5, 0.6) is 0 Å². The average molecular weight is 273 g/mol. The summed E-state index contributed by atoms with van der Waals surface area (Å²) in [5.74, 6) is 12.9. The Balaban J connectivity index is 1.24. The first kappa shape index (κ1) is 8.18. The number of nitrogens with one attached hydrogen (secondary N) is 1. The molecule has 0 bridgehead atoms. The normalized spacial score (nSPS) is 112. The van der Waals surface area contributed by atoms with Crippen LogP contribution < -0.4 is 5.32 Å². The first-order valence-electron chi connectivity index (χ1n) is 10.2. The Hall–Kier alpha value is -0.0400. The summed E-state index contributed by atoms with van der Waals surface area (Å²) < 4.78 is 0. The number of fused-ring (bicyclic) bond motifs is 8. The lowest BCUT2D eigenvalue weighted by atomic mass is 8.76. The smallest absolute Gasteiger partial charge is 0.0187 e. The van der Waals surface area contributed by atoms with E-state index in [0.717, 1.165) is 39.2 Å². The van der Waals surface area contributed by atoms with E-state index in [9.17, 15) is 0 Å². The highest BCUT2D eigenvalue weighted by Gasteiger charge is 3.26. The van der Waals surface area contributed by atoms with Crippen LogP contribution in [-0.4, -0.2) is 12.1 Å². The lowest BCUT2D eigenvalue weighted by Gasteiger charge is -3.28. The Labute approximate surface area is 123 Å². The van der Waals surface area contributed by atoms with Crippen molar-refractivity contribution in [2.24, 2.45) is 86.3 Å². The maximum atomic E-state index is 4.05. The van der Waals surface area contributed by atoms with Gasteiger partial charge in [0.2, 0.25) is 0 Å². The lowest BCUT2D eigenvalue weighted by Crippen LogP contribution is -3.28. The zero-order valence-corrected chi connectivity index (χ0v) is 12.0. The predicted octanol–water partition coefficient (Wildman–Crippen LogP) is 1.74. The molecule has 0 aromatic heterocycles. The van der Waals surface area contributed by atoms with Crippen LogP contribution in [0.4, 0.5) is 0 Å². The van der Waals surface area contributed by atoms with Crippen LogP contribution in [0.25, 0.3) is 0 Å². The van der Waals surface area contributed by atoms with E-state index in [1.807, 2.05) is 0 Å². The zero-order chi connectivity index (χ0) is 12.3. The minimum Gasteiger partial charge on any atom is -0.310 e. The summed E-state index contributed by atoms with van der Waals surface area (Å²) in [6.07, 6.45) is 5.01. The van der Waals surface area contributed by atoms with E-state index in [1.165, 1.54) is 59.2 Å². The second-order valence-corrected chi connectivity index (χ2v) is 12.0. The summed E-state index contributed by atoms with van der Waals surface area (Å²) in [5.41, 5.74) is 5.19. The maximum Gasteiger partial charge on any atom is 0.0187 e. The first-order chi connectivity index (χ1) is 10.4.